The highest BCUT2D eigenvalue weighted by molar-refractivity contribution is 7.89. The van der Waals surface area contributed by atoms with E-state index in [4.69, 9.17) is 4.74 Å². The summed E-state index contributed by atoms with van der Waals surface area (Å²) in [4.78, 5) is 24.0. The van der Waals surface area contributed by atoms with E-state index in [0.717, 1.165) is 5.56 Å². The Morgan fingerprint density at radius 2 is 1.52 bits per heavy atom. The quantitative estimate of drug-likeness (QED) is 0.617. The number of rotatable bonds is 6. The minimum Gasteiger partial charge on any atom is -0.497 e. The van der Waals surface area contributed by atoms with Gasteiger partial charge in [-0.3, -0.25) is 20.4 Å². The SMILES string of the molecule is COc1ccc(S(=O)(=O)NCC(=O)NNC(=O)c2ccc(C(C)(C)C)cc2)cc1. The summed E-state index contributed by atoms with van der Waals surface area (Å²) in [6.07, 6.45) is 0. The van der Waals surface area contributed by atoms with E-state index in [1.807, 2.05) is 12.1 Å². The van der Waals surface area contributed by atoms with Crippen molar-refractivity contribution < 1.29 is 22.7 Å². The average molecular weight is 420 g/mol. The van der Waals surface area contributed by atoms with Crippen molar-refractivity contribution in [3.05, 3.63) is 59.7 Å². The van der Waals surface area contributed by atoms with Crippen LogP contribution in [0.1, 0.15) is 36.7 Å². The van der Waals surface area contributed by atoms with Crippen LogP contribution < -0.4 is 20.3 Å². The minimum atomic E-state index is -3.87. The fraction of sp³-hybridized carbons (Fsp3) is 0.300. The first-order valence-corrected chi connectivity index (χ1v) is 10.3. The van der Waals surface area contributed by atoms with Crippen LogP contribution in [0.2, 0.25) is 0 Å². The van der Waals surface area contributed by atoms with Crippen molar-refractivity contribution in [1.82, 2.24) is 15.6 Å². The van der Waals surface area contributed by atoms with E-state index in [-0.39, 0.29) is 10.3 Å². The second-order valence-corrected chi connectivity index (χ2v) is 9.10. The number of methoxy groups -OCH3 is 1. The zero-order valence-corrected chi connectivity index (χ0v) is 17.6. The van der Waals surface area contributed by atoms with Crippen LogP contribution in [0.5, 0.6) is 5.75 Å². The molecule has 2 aromatic rings. The average Bonchev–Trinajstić information content (AvgIpc) is 2.70. The molecule has 8 nitrogen and oxygen atoms in total. The summed E-state index contributed by atoms with van der Waals surface area (Å²) in [5.74, 6) is -0.696. The van der Waals surface area contributed by atoms with Gasteiger partial charge in [-0.15, -0.1) is 0 Å². The molecule has 9 heteroatoms. The topological polar surface area (TPSA) is 114 Å². The summed E-state index contributed by atoms with van der Waals surface area (Å²) in [6.45, 7) is 5.66. The number of hydrogen-bond donors (Lipinski definition) is 3. The molecule has 29 heavy (non-hydrogen) atoms. The summed E-state index contributed by atoms with van der Waals surface area (Å²) in [5, 5.41) is 0. The van der Waals surface area contributed by atoms with Crippen molar-refractivity contribution in [2.75, 3.05) is 13.7 Å². The Morgan fingerprint density at radius 1 is 0.931 bits per heavy atom. The lowest BCUT2D eigenvalue weighted by atomic mass is 9.87. The third-order valence-corrected chi connectivity index (χ3v) is 5.54. The van der Waals surface area contributed by atoms with Gasteiger partial charge in [-0.25, -0.2) is 13.1 Å². The van der Waals surface area contributed by atoms with Crippen LogP contribution in [0, 0.1) is 0 Å². The second kappa shape index (κ2) is 9.06. The molecule has 0 bridgehead atoms. The third-order valence-electron chi connectivity index (χ3n) is 4.12. The highest BCUT2D eigenvalue weighted by atomic mass is 32.2. The van der Waals surface area contributed by atoms with Crippen molar-refractivity contribution in [2.24, 2.45) is 0 Å². The van der Waals surface area contributed by atoms with Gasteiger partial charge in [-0.05, 0) is 47.4 Å². The molecule has 0 saturated heterocycles. The predicted molar refractivity (Wildman–Crippen MR) is 109 cm³/mol. The van der Waals surface area contributed by atoms with E-state index in [9.17, 15) is 18.0 Å². The molecule has 0 aliphatic heterocycles. The molecule has 3 N–H and O–H groups in total. The van der Waals surface area contributed by atoms with Gasteiger partial charge in [0.05, 0.1) is 18.6 Å². The number of benzene rings is 2. The number of hydrogen-bond acceptors (Lipinski definition) is 5. The maximum absolute atomic E-state index is 12.2. The second-order valence-electron chi connectivity index (χ2n) is 7.33. The molecular formula is C20H25N3O5S. The van der Waals surface area contributed by atoms with Gasteiger partial charge in [0.1, 0.15) is 5.75 Å². The number of hydrazine groups is 1. The summed E-state index contributed by atoms with van der Waals surface area (Å²) in [5.41, 5.74) is 5.85. The minimum absolute atomic E-state index is 0.00549. The van der Waals surface area contributed by atoms with Gasteiger partial charge in [0.25, 0.3) is 11.8 Å². The van der Waals surface area contributed by atoms with Gasteiger partial charge in [0, 0.05) is 5.56 Å². The fourth-order valence-corrected chi connectivity index (χ4v) is 3.35. The predicted octanol–water partition coefficient (Wildman–Crippen LogP) is 1.73. The van der Waals surface area contributed by atoms with Gasteiger partial charge >= 0.3 is 0 Å². The Labute approximate surface area is 170 Å². The molecule has 0 unspecified atom stereocenters. The summed E-state index contributed by atoms with van der Waals surface area (Å²) < 4.78 is 31.5. The standard InChI is InChI=1S/C20H25N3O5S/c1-20(2,3)15-7-5-14(6-8-15)19(25)23-22-18(24)13-21-29(26,27)17-11-9-16(28-4)10-12-17/h5-12,21H,13H2,1-4H3,(H,22,24)(H,23,25). The van der Waals surface area contributed by atoms with E-state index in [1.54, 1.807) is 12.1 Å². The van der Waals surface area contributed by atoms with Crippen LogP contribution in [0.4, 0.5) is 0 Å². The summed E-state index contributed by atoms with van der Waals surface area (Å²) in [6, 6.07) is 12.7. The Morgan fingerprint density at radius 3 is 2.03 bits per heavy atom. The molecule has 2 amide bonds. The number of sulfonamides is 1. The Bertz CT molecular complexity index is 963. The van der Waals surface area contributed by atoms with Crippen LogP contribution in [-0.4, -0.2) is 33.9 Å². The van der Waals surface area contributed by atoms with Gasteiger partial charge in [0.15, 0.2) is 0 Å². The Kier molecular flexibility index (Phi) is 6.99. The van der Waals surface area contributed by atoms with Crippen LogP contribution in [0.15, 0.2) is 53.4 Å². The molecule has 0 spiro atoms. The molecule has 0 aliphatic carbocycles. The van der Waals surface area contributed by atoms with E-state index >= 15 is 0 Å². The molecule has 0 heterocycles. The molecule has 0 atom stereocenters. The lowest BCUT2D eigenvalue weighted by molar-refractivity contribution is -0.120. The summed E-state index contributed by atoms with van der Waals surface area (Å²) in [7, 11) is -2.40. The molecule has 0 aromatic heterocycles. The van der Waals surface area contributed by atoms with Crippen LogP contribution >= 0.6 is 0 Å². The van der Waals surface area contributed by atoms with Crippen LogP contribution in [-0.2, 0) is 20.2 Å². The highest BCUT2D eigenvalue weighted by Gasteiger charge is 2.17. The van der Waals surface area contributed by atoms with Crippen molar-refractivity contribution in [1.29, 1.82) is 0 Å². The van der Waals surface area contributed by atoms with Crippen molar-refractivity contribution in [2.45, 2.75) is 31.1 Å². The number of carbonyl (C=O) groups excluding carboxylic acids is 2. The van der Waals surface area contributed by atoms with Crippen LogP contribution in [0.25, 0.3) is 0 Å². The van der Waals surface area contributed by atoms with Crippen molar-refractivity contribution in [3.63, 3.8) is 0 Å². The van der Waals surface area contributed by atoms with Gasteiger partial charge in [0.2, 0.25) is 10.0 Å². The molecule has 0 radical (unpaired) electrons. The maximum Gasteiger partial charge on any atom is 0.269 e. The Hall–Kier alpha value is -2.91. The molecule has 0 saturated carbocycles. The monoisotopic (exact) mass is 419 g/mol. The normalized spacial score (nSPS) is 11.6. The summed E-state index contributed by atoms with van der Waals surface area (Å²) >= 11 is 0. The highest BCUT2D eigenvalue weighted by Crippen LogP contribution is 2.22. The zero-order valence-electron chi connectivity index (χ0n) is 16.8. The molecule has 2 rings (SSSR count). The first-order valence-electron chi connectivity index (χ1n) is 8.86. The van der Waals surface area contributed by atoms with Gasteiger partial charge < -0.3 is 4.74 Å². The molecular weight excluding hydrogens is 394 g/mol. The largest absolute Gasteiger partial charge is 0.497 e. The number of ether oxygens (including phenoxy) is 1. The third kappa shape index (κ3) is 6.30. The van der Waals surface area contributed by atoms with Crippen LogP contribution in [0.3, 0.4) is 0 Å². The molecule has 156 valence electrons. The first-order chi connectivity index (χ1) is 13.5. The van der Waals surface area contributed by atoms with E-state index in [2.05, 4.69) is 36.3 Å². The first kappa shape index (κ1) is 22.4. The zero-order chi connectivity index (χ0) is 21.7. The van der Waals surface area contributed by atoms with Crippen molar-refractivity contribution >= 4 is 21.8 Å². The lowest BCUT2D eigenvalue weighted by Crippen LogP contribution is -2.46. The van der Waals surface area contributed by atoms with Crippen molar-refractivity contribution in [3.8, 4) is 5.75 Å². The number of carbonyl (C=O) groups is 2. The fourth-order valence-electron chi connectivity index (χ4n) is 2.36. The molecule has 0 fully saturated rings. The van der Waals surface area contributed by atoms with E-state index < -0.39 is 28.4 Å². The number of amides is 2. The maximum atomic E-state index is 12.2. The smallest absolute Gasteiger partial charge is 0.269 e. The van der Waals surface area contributed by atoms with E-state index in [0.29, 0.717) is 11.3 Å². The van der Waals surface area contributed by atoms with Gasteiger partial charge in [-0.2, -0.15) is 0 Å². The van der Waals surface area contributed by atoms with E-state index in [1.165, 1.54) is 31.4 Å². The number of nitrogens with one attached hydrogen (secondary N) is 3. The lowest BCUT2D eigenvalue weighted by Gasteiger charge is -2.19. The Balaban J connectivity index is 1.86. The van der Waals surface area contributed by atoms with Gasteiger partial charge in [-0.1, -0.05) is 32.9 Å². The molecule has 0 aliphatic rings. The molecule has 2 aromatic carbocycles.